The smallest absolute Gasteiger partial charge is 0.0500 e. The minimum atomic E-state index is 0.659. The predicted octanol–water partition coefficient (Wildman–Crippen LogP) is 1.89. The molecule has 0 unspecified atom stereocenters. The van der Waals surface area contributed by atoms with E-state index >= 15 is 0 Å². The number of rotatable bonds is 2. The first-order chi connectivity index (χ1) is 6.29. The minimum Gasteiger partial charge on any atom is -0.357 e. The van der Waals surface area contributed by atoms with Gasteiger partial charge in [-0.25, -0.2) is 0 Å². The number of nitrogens with two attached hydrogens (primary N) is 1. The first kappa shape index (κ1) is 8.74. The lowest BCUT2D eigenvalue weighted by atomic mass is 10.2. The van der Waals surface area contributed by atoms with Crippen LogP contribution in [0.5, 0.6) is 0 Å². The summed E-state index contributed by atoms with van der Waals surface area (Å²) >= 11 is 3.43. The van der Waals surface area contributed by atoms with E-state index in [4.69, 9.17) is 5.84 Å². The Labute approximate surface area is 84.4 Å². The zero-order valence-electron chi connectivity index (χ0n) is 6.97. The van der Waals surface area contributed by atoms with Crippen LogP contribution in [0.4, 0.5) is 0 Å². The van der Waals surface area contributed by atoms with Crippen LogP contribution in [-0.4, -0.2) is 4.98 Å². The summed E-state index contributed by atoms with van der Waals surface area (Å²) in [7, 11) is 0. The third-order valence-corrected chi connectivity index (χ3v) is 2.42. The molecule has 0 fully saturated rings. The maximum absolute atomic E-state index is 5.23. The van der Waals surface area contributed by atoms with Gasteiger partial charge in [0.15, 0.2) is 0 Å². The summed E-state index contributed by atoms with van der Waals surface area (Å²) in [4.78, 5) is 3.26. The highest BCUT2D eigenvalue weighted by molar-refractivity contribution is 9.10. The molecule has 4 N–H and O–H groups in total. The minimum absolute atomic E-state index is 0.659. The number of nitrogens with one attached hydrogen (secondary N) is 2. The number of hydrazine groups is 1. The summed E-state index contributed by atoms with van der Waals surface area (Å²) in [5, 5.41) is 1.19. The average molecular weight is 240 g/mol. The maximum atomic E-state index is 5.23. The number of benzene rings is 1. The molecule has 0 aliphatic rings. The molecule has 1 heterocycles. The molecular formula is C9H10BrN3. The van der Waals surface area contributed by atoms with E-state index in [0.29, 0.717) is 6.54 Å². The fraction of sp³-hybridized carbons (Fsp3) is 0.111. The second-order valence-corrected chi connectivity index (χ2v) is 3.82. The average Bonchev–Trinajstić information content (AvgIpc) is 2.46. The lowest BCUT2D eigenvalue weighted by Gasteiger charge is -1.91. The van der Waals surface area contributed by atoms with Crippen molar-refractivity contribution in [2.24, 2.45) is 5.84 Å². The van der Waals surface area contributed by atoms with E-state index in [2.05, 4.69) is 38.5 Å². The van der Waals surface area contributed by atoms with Gasteiger partial charge in [-0.3, -0.25) is 11.3 Å². The molecular weight excluding hydrogens is 230 g/mol. The molecule has 2 rings (SSSR count). The highest BCUT2D eigenvalue weighted by Crippen LogP contribution is 2.20. The Kier molecular flexibility index (Phi) is 2.35. The normalized spacial score (nSPS) is 10.9. The van der Waals surface area contributed by atoms with Crippen LogP contribution in [0.15, 0.2) is 28.7 Å². The predicted molar refractivity (Wildman–Crippen MR) is 57.0 cm³/mol. The molecule has 1 aromatic carbocycles. The van der Waals surface area contributed by atoms with Crippen molar-refractivity contribution in [2.75, 3.05) is 0 Å². The molecule has 0 saturated carbocycles. The molecule has 1 aromatic heterocycles. The van der Waals surface area contributed by atoms with E-state index in [-0.39, 0.29) is 0 Å². The summed E-state index contributed by atoms with van der Waals surface area (Å²) in [5.41, 5.74) is 4.84. The number of H-pyrrole nitrogens is 1. The van der Waals surface area contributed by atoms with E-state index < -0.39 is 0 Å². The van der Waals surface area contributed by atoms with Gasteiger partial charge in [-0.2, -0.15) is 0 Å². The van der Waals surface area contributed by atoms with E-state index in [1.54, 1.807) is 0 Å². The Morgan fingerprint density at radius 2 is 2.23 bits per heavy atom. The van der Waals surface area contributed by atoms with Crippen molar-refractivity contribution < 1.29 is 0 Å². The summed E-state index contributed by atoms with van der Waals surface area (Å²) in [5.74, 6) is 5.23. The Hall–Kier alpha value is -0.840. The summed E-state index contributed by atoms with van der Waals surface area (Å²) in [6.07, 6.45) is 0. The molecule has 0 bridgehead atoms. The van der Waals surface area contributed by atoms with Crippen molar-refractivity contribution in [3.05, 3.63) is 34.4 Å². The standard InChI is InChI=1S/C9H10BrN3/c10-7-1-2-9-6(3-7)4-8(13-9)5-12-11/h1-4,12-13H,5,11H2. The third kappa shape index (κ3) is 1.75. The number of halogens is 1. The van der Waals surface area contributed by atoms with Gasteiger partial charge in [0.1, 0.15) is 0 Å². The van der Waals surface area contributed by atoms with Crippen molar-refractivity contribution in [2.45, 2.75) is 6.54 Å². The lowest BCUT2D eigenvalue weighted by Crippen LogP contribution is -2.20. The number of aromatic amines is 1. The van der Waals surface area contributed by atoms with Gasteiger partial charge in [-0.15, -0.1) is 0 Å². The van der Waals surface area contributed by atoms with Gasteiger partial charge in [0.2, 0.25) is 0 Å². The SMILES string of the molecule is NNCc1cc2cc(Br)ccc2[nH]1. The van der Waals surface area contributed by atoms with E-state index in [1.165, 1.54) is 5.39 Å². The van der Waals surface area contributed by atoms with Crippen LogP contribution >= 0.6 is 15.9 Å². The summed E-state index contributed by atoms with van der Waals surface area (Å²) in [6.45, 7) is 0.659. The van der Waals surface area contributed by atoms with Crippen molar-refractivity contribution in [3.63, 3.8) is 0 Å². The molecule has 0 aliphatic heterocycles. The van der Waals surface area contributed by atoms with Crippen molar-refractivity contribution in [1.82, 2.24) is 10.4 Å². The quantitative estimate of drug-likeness (QED) is 0.554. The highest BCUT2D eigenvalue weighted by Gasteiger charge is 1.99. The largest absolute Gasteiger partial charge is 0.357 e. The zero-order chi connectivity index (χ0) is 9.26. The number of hydrogen-bond donors (Lipinski definition) is 3. The molecule has 3 nitrogen and oxygen atoms in total. The molecule has 2 aromatic rings. The van der Waals surface area contributed by atoms with Gasteiger partial charge >= 0.3 is 0 Å². The second kappa shape index (κ2) is 3.49. The number of fused-ring (bicyclic) bond motifs is 1. The first-order valence-corrected chi connectivity index (χ1v) is 4.79. The van der Waals surface area contributed by atoms with Crippen LogP contribution in [0.2, 0.25) is 0 Å². The van der Waals surface area contributed by atoms with Crippen LogP contribution in [0, 0.1) is 0 Å². The van der Waals surface area contributed by atoms with Gasteiger partial charge < -0.3 is 4.98 Å². The molecule has 0 saturated heterocycles. The first-order valence-electron chi connectivity index (χ1n) is 4.00. The van der Waals surface area contributed by atoms with E-state index in [9.17, 15) is 0 Å². The zero-order valence-corrected chi connectivity index (χ0v) is 8.56. The van der Waals surface area contributed by atoms with Crippen molar-refractivity contribution >= 4 is 26.8 Å². The molecule has 68 valence electrons. The van der Waals surface area contributed by atoms with Crippen LogP contribution < -0.4 is 11.3 Å². The molecule has 13 heavy (non-hydrogen) atoms. The number of hydrogen-bond acceptors (Lipinski definition) is 2. The Balaban J connectivity index is 2.49. The third-order valence-electron chi connectivity index (χ3n) is 1.93. The van der Waals surface area contributed by atoms with Gasteiger partial charge in [-0.1, -0.05) is 15.9 Å². The van der Waals surface area contributed by atoms with Crippen LogP contribution in [0.1, 0.15) is 5.69 Å². The van der Waals surface area contributed by atoms with Crippen molar-refractivity contribution in [3.8, 4) is 0 Å². The summed E-state index contributed by atoms with van der Waals surface area (Å²) < 4.78 is 1.09. The van der Waals surface area contributed by atoms with E-state index in [0.717, 1.165) is 15.7 Å². The topological polar surface area (TPSA) is 53.8 Å². The molecule has 0 spiro atoms. The van der Waals surface area contributed by atoms with Crippen LogP contribution in [0.3, 0.4) is 0 Å². The van der Waals surface area contributed by atoms with Gasteiger partial charge in [0.05, 0.1) is 0 Å². The molecule has 4 heteroatoms. The fourth-order valence-corrected chi connectivity index (χ4v) is 1.75. The van der Waals surface area contributed by atoms with Gasteiger partial charge in [0, 0.05) is 27.6 Å². The Bertz CT molecular complexity index is 422. The van der Waals surface area contributed by atoms with E-state index in [1.807, 2.05) is 12.1 Å². The van der Waals surface area contributed by atoms with Gasteiger partial charge in [-0.05, 0) is 24.3 Å². The lowest BCUT2D eigenvalue weighted by molar-refractivity contribution is 0.728. The Morgan fingerprint density at radius 1 is 1.38 bits per heavy atom. The molecule has 0 radical (unpaired) electrons. The fourth-order valence-electron chi connectivity index (χ4n) is 1.37. The summed E-state index contributed by atoms with van der Waals surface area (Å²) in [6, 6.07) is 8.21. The number of aromatic nitrogens is 1. The molecule has 0 atom stereocenters. The maximum Gasteiger partial charge on any atom is 0.0500 e. The van der Waals surface area contributed by atoms with Crippen molar-refractivity contribution in [1.29, 1.82) is 0 Å². The highest BCUT2D eigenvalue weighted by atomic mass is 79.9. The van der Waals surface area contributed by atoms with Crippen LogP contribution in [-0.2, 0) is 6.54 Å². The second-order valence-electron chi connectivity index (χ2n) is 2.91. The van der Waals surface area contributed by atoms with Crippen LogP contribution in [0.25, 0.3) is 10.9 Å². The van der Waals surface area contributed by atoms with Gasteiger partial charge in [0.25, 0.3) is 0 Å². The monoisotopic (exact) mass is 239 g/mol. The molecule has 0 aliphatic carbocycles. The molecule has 0 amide bonds. The Morgan fingerprint density at radius 3 is 3.00 bits per heavy atom.